The van der Waals surface area contributed by atoms with Gasteiger partial charge in [-0.3, -0.25) is 0 Å². The van der Waals surface area contributed by atoms with Crippen molar-refractivity contribution in [1.29, 1.82) is 0 Å². The van der Waals surface area contributed by atoms with Gasteiger partial charge in [-0.05, 0) is 34.1 Å². The van der Waals surface area contributed by atoms with Crippen molar-refractivity contribution in [3.63, 3.8) is 0 Å². The van der Waals surface area contributed by atoms with Gasteiger partial charge in [0.05, 0.1) is 10.5 Å². The van der Waals surface area contributed by atoms with Gasteiger partial charge in [0.2, 0.25) is 10.0 Å². The maximum absolute atomic E-state index is 12.2. The number of thioether (sulfide) groups is 2. The predicted molar refractivity (Wildman–Crippen MR) is 89.9 cm³/mol. The molecule has 0 saturated carbocycles. The van der Waals surface area contributed by atoms with E-state index in [4.69, 9.17) is 5.11 Å². The van der Waals surface area contributed by atoms with E-state index in [1.54, 1.807) is 11.8 Å². The van der Waals surface area contributed by atoms with E-state index in [9.17, 15) is 13.2 Å². The maximum atomic E-state index is 12.2. The Kier molecular flexibility index (Phi) is 6.01. The standard InChI is InChI=1S/C12H14BrNO4S3/c13-11-2-1-9(5-10(11)12(15)16)21(17,18)14-6-8-7-19-3-4-20-8/h1-2,5,8,14H,3-4,6-7H2,(H,15,16). The second kappa shape index (κ2) is 7.36. The van der Waals surface area contributed by atoms with E-state index in [1.165, 1.54) is 12.1 Å². The Morgan fingerprint density at radius 2 is 2.19 bits per heavy atom. The molecular formula is C12H14BrNO4S3. The first-order chi connectivity index (χ1) is 9.90. The molecule has 1 aromatic carbocycles. The van der Waals surface area contributed by atoms with Gasteiger partial charge in [-0.25, -0.2) is 17.9 Å². The number of aromatic carboxylic acids is 1. The van der Waals surface area contributed by atoms with Gasteiger partial charge in [0.25, 0.3) is 0 Å². The zero-order valence-electron chi connectivity index (χ0n) is 10.9. The molecule has 2 rings (SSSR count). The van der Waals surface area contributed by atoms with Gasteiger partial charge in [-0.1, -0.05) is 0 Å². The Hall–Kier alpha value is -0.220. The molecule has 1 aliphatic heterocycles. The number of nitrogens with one attached hydrogen (secondary N) is 1. The van der Waals surface area contributed by atoms with E-state index < -0.39 is 16.0 Å². The highest BCUT2D eigenvalue weighted by molar-refractivity contribution is 9.10. The van der Waals surface area contributed by atoms with E-state index >= 15 is 0 Å². The lowest BCUT2D eigenvalue weighted by atomic mass is 10.2. The van der Waals surface area contributed by atoms with E-state index in [0.717, 1.165) is 23.3 Å². The van der Waals surface area contributed by atoms with Crippen LogP contribution in [0.2, 0.25) is 0 Å². The first-order valence-corrected chi connectivity index (χ1v) is 10.6. The van der Waals surface area contributed by atoms with Crippen LogP contribution >= 0.6 is 39.5 Å². The first kappa shape index (κ1) is 17.1. The molecule has 5 nitrogen and oxygen atoms in total. The van der Waals surface area contributed by atoms with Crippen LogP contribution in [0.4, 0.5) is 0 Å². The van der Waals surface area contributed by atoms with Crippen LogP contribution in [-0.2, 0) is 10.0 Å². The quantitative estimate of drug-likeness (QED) is 0.772. The van der Waals surface area contributed by atoms with Crippen molar-refractivity contribution in [2.24, 2.45) is 0 Å². The summed E-state index contributed by atoms with van der Waals surface area (Å²) in [5, 5.41) is 9.30. The summed E-state index contributed by atoms with van der Waals surface area (Å²) in [7, 11) is -3.69. The van der Waals surface area contributed by atoms with Crippen LogP contribution in [0.3, 0.4) is 0 Å². The molecule has 1 unspecified atom stereocenters. The Bertz CT molecular complexity index is 629. The topological polar surface area (TPSA) is 83.5 Å². The van der Waals surface area contributed by atoms with E-state index in [2.05, 4.69) is 20.7 Å². The van der Waals surface area contributed by atoms with Crippen LogP contribution < -0.4 is 4.72 Å². The minimum Gasteiger partial charge on any atom is -0.478 e. The third kappa shape index (κ3) is 4.62. The molecule has 0 spiro atoms. The summed E-state index contributed by atoms with van der Waals surface area (Å²) in [6.07, 6.45) is 0. The SMILES string of the molecule is O=C(O)c1cc(S(=O)(=O)NCC2CSCCS2)ccc1Br. The highest BCUT2D eigenvalue weighted by atomic mass is 79.9. The third-order valence-corrected chi connectivity index (χ3v) is 7.82. The Morgan fingerprint density at radius 3 is 2.81 bits per heavy atom. The smallest absolute Gasteiger partial charge is 0.336 e. The summed E-state index contributed by atoms with van der Waals surface area (Å²) >= 11 is 6.68. The number of sulfonamides is 1. The Morgan fingerprint density at radius 1 is 1.43 bits per heavy atom. The normalized spacial score (nSPS) is 19.4. The van der Waals surface area contributed by atoms with Crippen LogP contribution in [0.1, 0.15) is 10.4 Å². The third-order valence-electron chi connectivity index (χ3n) is 2.86. The molecule has 1 heterocycles. The lowest BCUT2D eigenvalue weighted by Crippen LogP contribution is -2.33. The van der Waals surface area contributed by atoms with Crippen molar-refractivity contribution in [2.75, 3.05) is 23.8 Å². The molecule has 1 atom stereocenters. The van der Waals surface area contributed by atoms with Crippen molar-refractivity contribution >= 4 is 55.4 Å². The fourth-order valence-corrected chi connectivity index (χ4v) is 6.02. The number of carboxylic acids is 1. The van der Waals surface area contributed by atoms with Crippen molar-refractivity contribution in [2.45, 2.75) is 10.1 Å². The summed E-state index contributed by atoms with van der Waals surface area (Å²) in [4.78, 5) is 11.0. The highest BCUT2D eigenvalue weighted by Gasteiger charge is 2.21. The molecule has 2 N–H and O–H groups in total. The Labute approximate surface area is 140 Å². The van der Waals surface area contributed by atoms with Gasteiger partial charge in [0, 0.05) is 33.5 Å². The molecule has 1 aromatic rings. The number of carbonyl (C=O) groups is 1. The van der Waals surface area contributed by atoms with Crippen molar-refractivity contribution in [1.82, 2.24) is 4.72 Å². The molecule has 0 bridgehead atoms. The molecule has 0 aliphatic carbocycles. The average molecular weight is 412 g/mol. The van der Waals surface area contributed by atoms with Crippen LogP contribution in [0.15, 0.2) is 27.6 Å². The molecule has 116 valence electrons. The van der Waals surface area contributed by atoms with Crippen LogP contribution in [0.25, 0.3) is 0 Å². The van der Waals surface area contributed by atoms with E-state index in [0.29, 0.717) is 11.0 Å². The lowest BCUT2D eigenvalue weighted by Gasteiger charge is -2.21. The molecule has 0 aromatic heterocycles. The van der Waals surface area contributed by atoms with Crippen molar-refractivity contribution in [3.05, 3.63) is 28.2 Å². The predicted octanol–water partition coefficient (Wildman–Crippen LogP) is 2.27. The van der Waals surface area contributed by atoms with Gasteiger partial charge >= 0.3 is 5.97 Å². The second-order valence-electron chi connectivity index (χ2n) is 4.37. The van der Waals surface area contributed by atoms with Gasteiger partial charge in [0.1, 0.15) is 0 Å². The largest absolute Gasteiger partial charge is 0.478 e. The van der Waals surface area contributed by atoms with Crippen LogP contribution in [0.5, 0.6) is 0 Å². The van der Waals surface area contributed by atoms with Gasteiger partial charge in [-0.15, -0.1) is 0 Å². The minimum absolute atomic E-state index is 0.0310. The molecule has 1 saturated heterocycles. The summed E-state index contributed by atoms with van der Waals surface area (Å²) in [5.74, 6) is 1.88. The van der Waals surface area contributed by atoms with Gasteiger partial charge in [-0.2, -0.15) is 23.5 Å². The zero-order chi connectivity index (χ0) is 15.5. The van der Waals surface area contributed by atoms with Gasteiger partial charge in [0.15, 0.2) is 0 Å². The summed E-state index contributed by atoms with van der Waals surface area (Å²) in [6, 6.07) is 3.99. The van der Waals surface area contributed by atoms with E-state index in [-0.39, 0.29) is 15.7 Å². The van der Waals surface area contributed by atoms with Crippen molar-refractivity contribution < 1.29 is 18.3 Å². The Balaban J connectivity index is 2.11. The first-order valence-electron chi connectivity index (χ1n) is 6.12. The van der Waals surface area contributed by atoms with E-state index in [1.807, 2.05) is 11.8 Å². The number of benzene rings is 1. The molecule has 21 heavy (non-hydrogen) atoms. The van der Waals surface area contributed by atoms with Crippen LogP contribution in [0, 0.1) is 0 Å². The summed E-state index contributed by atoms with van der Waals surface area (Å²) in [5.41, 5.74) is -0.0690. The molecule has 0 amide bonds. The number of hydrogen-bond donors (Lipinski definition) is 2. The fourth-order valence-electron chi connectivity index (χ4n) is 1.78. The number of hydrogen-bond acceptors (Lipinski definition) is 5. The molecule has 0 radical (unpaired) electrons. The molecule has 9 heteroatoms. The molecule has 1 aliphatic rings. The summed E-state index contributed by atoms with van der Waals surface area (Å²) in [6.45, 7) is 0.360. The molecular weight excluding hydrogens is 398 g/mol. The van der Waals surface area contributed by atoms with Gasteiger partial charge < -0.3 is 5.11 Å². The maximum Gasteiger partial charge on any atom is 0.336 e. The number of rotatable bonds is 5. The van der Waals surface area contributed by atoms with Crippen molar-refractivity contribution in [3.8, 4) is 0 Å². The lowest BCUT2D eigenvalue weighted by molar-refractivity contribution is 0.0695. The average Bonchev–Trinajstić information content (AvgIpc) is 2.46. The monoisotopic (exact) mass is 411 g/mol. The second-order valence-corrected chi connectivity index (χ2v) is 9.55. The zero-order valence-corrected chi connectivity index (χ0v) is 14.9. The number of halogens is 1. The molecule has 1 fully saturated rings. The number of carboxylic acid groups (broad SMARTS) is 1. The summed E-state index contributed by atoms with van der Waals surface area (Å²) < 4.78 is 27.4. The highest BCUT2D eigenvalue weighted by Crippen LogP contribution is 2.24. The fraction of sp³-hybridized carbons (Fsp3) is 0.417. The minimum atomic E-state index is -3.69. The van der Waals surface area contributed by atoms with Crippen LogP contribution in [-0.4, -0.2) is 48.5 Å².